The fraction of sp³-hybridized carbons (Fsp3) is 0.333. The quantitative estimate of drug-likeness (QED) is 0.469. The van der Waals surface area contributed by atoms with E-state index < -0.39 is 27.2 Å². The van der Waals surface area contributed by atoms with Crippen LogP contribution in [0.15, 0.2) is 65.8 Å². The molecule has 0 bridgehead atoms. The van der Waals surface area contributed by atoms with Crippen molar-refractivity contribution in [1.82, 2.24) is 14.5 Å². The van der Waals surface area contributed by atoms with Gasteiger partial charge in [-0.25, -0.2) is 4.98 Å². The molecule has 3 N–H and O–H groups in total. The highest BCUT2D eigenvalue weighted by atomic mass is 32.2. The molecule has 4 rings (SSSR count). The molecule has 1 aromatic heterocycles. The Bertz CT molecular complexity index is 1290. The summed E-state index contributed by atoms with van der Waals surface area (Å²) in [5, 5.41) is -0.579. The van der Waals surface area contributed by atoms with Gasteiger partial charge in [-0.2, -0.15) is 8.42 Å². The van der Waals surface area contributed by atoms with E-state index in [0.29, 0.717) is 5.75 Å². The summed E-state index contributed by atoms with van der Waals surface area (Å²) in [7, 11) is -0.944. The number of carbonyl (C=O) groups is 1. The molecule has 1 amide bonds. The van der Waals surface area contributed by atoms with Crippen LogP contribution in [0, 0.1) is 0 Å². The molecule has 0 radical (unpaired) electrons. The van der Waals surface area contributed by atoms with Crippen molar-refractivity contribution in [3.05, 3.63) is 77.7 Å². The third-order valence-corrected chi connectivity index (χ3v) is 7.00. The average Bonchev–Trinajstić information content (AvgIpc) is 3.36. The average molecular weight is 485 g/mol. The maximum Gasteiger partial charge on any atom is 0.313 e. The number of rotatable bonds is 8. The second kappa shape index (κ2) is 9.21. The molecular weight excluding hydrogens is 456 g/mol. The lowest BCUT2D eigenvalue weighted by Crippen LogP contribution is -2.32. The Balaban J connectivity index is 1.67. The van der Waals surface area contributed by atoms with E-state index in [4.69, 9.17) is 10.5 Å². The predicted octanol–water partition coefficient (Wildman–Crippen LogP) is 2.09. The largest absolute Gasteiger partial charge is 0.473 e. The number of carbonyl (C=O) groups excluding carboxylic acids is 1. The van der Waals surface area contributed by atoms with Gasteiger partial charge in [0.15, 0.2) is 5.82 Å². The van der Waals surface area contributed by atoms with Crippen molar-refractivity contribution in [3.8, 4) is 5.75 Å². The lowest BCUT2D eigenvalue weighted by Gasteiger charge is -2.30. The van der Waals surface area contributed by atoms with Gasteiger partial charge in [0.25, 0.3) is 5.91 Å². The molecule has 9 nitrogen and oxygen atoms in total. The molecule has 180 valence electrons. The maximum atomic E-state index is 12.2. The van der Waals surface area contributed by atoms with Gasteiger partial charge in [-0.3, -0.25) is 9.35 Å². The van der Waals surface area contributed by atoms with Crippen LogP contribution in [0.4, 0.5) is 0 Å². The molecule has 2 heterocycles. The van der Waals surface area contributed by atoms with Crippen molar-refractivity contribution in [2.75, 3.05) is 20.1 Å². The van der Waals surface area contributed by atoms with Crippen LogP contribution in [0.25, 0.3) is 0 Å². The third kappa shape index (κ3) is 4.98. The Morgan fingerprint density at radius 2 is 1.94 bits per heavy atom. The molecule has 1 aliphatic rings. The zero-order valence-electron chi connectivity index (χ0n) is 19.1. The Morgan fingerprint density at radius 3 is 2.53 bits per heavy atom. The van der Waals surface area contributed by atoms with Gasteiger partial charge in [0.1, 0.15) is 5.75 Å². The van der Waals surface area contributed by atoms with E-state index in [1.807, 2.05) is 30.3 Å². The molecule has 2 aromatic carbocycles. The number of amides is 1. The first-order chi connectivity index (χ1) is 16.1. The molecule has 2 atom stereocenters. The van der Waals surface area contributed by atoms with Gasteiger partial charge in [0.2, 0.25) is 11.1 Å². The third-order valence-electron chi connectivity index (χ3n) is 6.28. The van der Waals surface area contributed by atoms with Crippen molar-refractivity contribution in [3.63, 3.8) is 0 Å². The van der Waals surface area contributed by atoms with Crippen LogP contribution in [0.2, 0.25) is 0 Å². The molecule has 0 saturated carbocycles. The highest BCUT2D eigenvalue weighted by Gasteiger charge is 2.39. The van der Waals surface area contributed by atoms with Crippen LogP contribution in [-0.2, 0) is 33.8 Å². The number of imidazole rings is 1. The summed E-state index contributed by atoms with van der Waals surface area (Å²) in [6.45, 7) is 1.84. The number of nitrogens with two attached hydrogens (primary N) is 1. The molecule has 0 spiro atoms. The minimum absolute atomic E-state index is 0.0230. The summed E-state index contributed by atoms with van der Waals surface area (Å²) in [6, 6.07) is 17.9. The van der Waals surface area contributed by atoms with Gasteiger partial charge in [-0.15, -0.1) is 0 Å². The van der Waals surface area contributed by atoms with Crippen molar-refractivity contribution in [1.29, 1.82) is 0 Å². The van der Waals surface area contributed by atoms with Crippen LogP contribution in [0.5, 0.6) is 5.75 Å². The van der Waals surface area contributed by atoms with Gasteiger partial charge >= 0.3 is 10.1 Å². The molecule has 1 fully saturated rings. The second-order valence-corrected chi connectivity index (χ2v) is 10.3. The normalized spacial score (nSPS) is 19.7. The zero-order valence-corrected chi connectivity index (χ0v) is 19.9. The summed E-state index contributed by atoms with van der Waals surface area (Å²) in [4.78, 5) is 18.4. The standard InChI is InChI=1S/C24H28N4O5S/c1-27-12-11-24(16-27,14-17-7-4-3-5-8-17)18-9-6-10-19(13-18)33-21(22(25)29)23-26-20(15-28(23)2)34(30,31)32/h3-10,13,15,21H,11-12,14,16H2,1-2H3,(H2,25,29)(H,30,31,32). The number of hydrogen-bond acceptors (Lipinski definition) is 6. The fourth-order valence-electron chi connectivity index (χ4n) is 4.64. The summed E-state index contributed by atoms with van der Waals surface area (Å²) >= 11 is 0. The van der Waals surface area contributed by atoms with E-state index in [-0.39, 0.29) is 11.2 Å². The number of likely N-dealkylation sites (tertiary alicyclic amines) is 1. The van der Waals surface area contributed by atoms with Crippen LogP contribution in [-0.4, -0.2) is 53.5 Å². The van der Waals surface area contributed by atoms with E-state index in [1.165, 1.54) is 17.2 Å². The molecule has 0 aliphatic carbocycles. The van der Waals surface area contributed by atoms with Crippen LogP contribution in [0.3, 0.4) is 0 Å². The number of primary amides is 1. The summed E-state index contributed by atoms with van der Waals surface area (Å²) < 4.78 is 39.5. The number of aromatic nitrogens is 2. The minimum Gasteiger partial charge on any atom is -0.473 e. The van der Waals surface area contributed by atoms with Crippen molar-refractivity contribution in [2.45, 2.75) is 29.4 Å². The molecule has 3 aromatic rings. The highest BCUT2D eigenvalue weighted by molar-refractivity contribution is 7.85. The van der Waals surface area contributed by atoms with E-state index >= 15 is 0 Å². The first-order valence-corrected chi connectivity index (χ1v) is 12.3. The first kappa shape index (κ1) is 23.9. The van der Waals surface area contributed by atoms with Gasteiger partial charge in [0, 0.05) is 25.2 Å². The van der Waals surface area contributed by atoms with Gasteiger partial charge in [-0.1, -0.05) is 42.5 Å². The van der Waals surface area contributed by atoms with Crippen molar-refractivity contribution >= 4 is 16.0 Å². The number of aryl methyl sites for hydroxylation is 1. The van der Waals surface area contributed by atoms with E-state index in [9.17, 15) is 17.8 Å². The van der Waals surface area contributed by atoms with Crippen LogP contribution >= 0.6 is 0 Å². The number of nitrogens with zero attached hydrogens (tertiary/aromatic N) is 3. The second-order valence-electron chi connectivity index (χ2n) is 8.88. The summed E-state index contributed by atoms with van der Waals surface area (Å²) in [6.07, 6.45) is 1.59. The molecule has 1 aliphatic heterocycles. The molecule has 34 heavy (non-hydrogen) atoms. The maximum absolute atomic E-state index is 12.2. The van der Waals surface area contributed by atoms with E-state index in [2.05, 4.69) is 35.1 Å². The smallest absolute Gasteiger partial charge is 0.313 e. The highest BCUT2D eigenvalue weighted by Crippen LogP contribution is 2.39. The van der Waals surface area contributed by atoms with Crippen LogP contribution < -0.4 is 10.5 Å². The van der Waals surface area contributed by atoms with Gasteiger partial charge in [-0.05, 0) is 49.7 Å². The number of benzene rings is 2. The Morgan fingerprint density at radius 1 is 1.21 bits per heavy atom. The first-order valence-electron chi connectivity index (χ1n) is 10.9. The fourth-order valence-corrected chi connectivity index (χ4v) is 5.14. The number of ether oxygens (including phenoxy) is 1. The minimum atomic E-state index is -4.54. The van der Waals surface area contributed by atoms with Crippen LogP contribution in [0.1, 0.15) is 29.5 Å². The topological polar surface area (TPSA) is 128 Å². The monoisotopic (exact) mass is 484 g/mol. The van der Waals surface area contributed by atoms with Crippen molar-refractivity contribution < 1.29 is 22.5 Å². The molecule has 2 unspecified atom stereocenters. The zero-order chi connectivity index (χ0) is 24.5. The van der Waals surface area contributed by atoms with E-state index in [1.54, 1.807) is 6.07 Å². The molecular formula is C24H28N4O5S. The summed E-state index contributed by atoms with van der Waals surface area (Å²) in [5.41, 5.74) is 7.77. The van der Waals surface area contributed by atoms with E-state index in [0.717, 1.165) is 37.7 Å². The van der Waals surface area contributed by atoms with Crippen molar-refractivity contribution in [2.24, 2.45) is 12.8 Å². The molecule has 10 heteroatoms. The molecule has 1 saturated heterocycles. The van der Waals surface area contributed by atoms with Gasteiger partial charge in [0.05, 0.1) is 0 Å². The SMILES string of the molecule is CN1CCC(Cc2ccccc2)(c2cccc(OC(C(N)=O)c3nc(S(=O)(=O)O)cn3C)c2)C1. The lowest BCUT2D eigenvalue weighted by molar-refractivity contribution is -0.125. The number of hydrogen-bond donors (Lipinski definition) is 2. The summed E-state index contributed by atoms with van der Waals surface area (Å²) in [5.74, 6) is -0.439. The number of likely N-dealkylation sites (N-methyl/N-ethyl adjacent to an activating group) is 1. The lowest BCUT2D eigenvalue weighted by atomic mass is 9.75. The Kier molecular flexibility index (Phi) is 6.48. The Hall–Kier alpha value is -3.21. The van der Waals surface area contributed by atoms with Gasteiger partial charge < -0.3 is 19.9 Å². The Labute approximate surface area is 198 Å². The predicted molar refractivity (Wildman–Crippen MR) is 126 cm³/mol.